The zero-order valence-corrected chi connectivity index (χ0v) is 14.8. The molecule has 3 rings (SSSR count). The first kappa shape index (κ1) is 16.2. The van der Waals surface area contributed by atoms with Crippen LogP contribution in [0.5, 0.6) is 5.75 Å². The third-order valence-corrected chi connectivity index (χ3v) is 5.02. The molecule has 0 aliphatic carbocycles. The molecule has 1 aromatic heterocycles. The zero-order valence-electron chi connectivity index (χ0n) is 14.0. The maximum Gasteiger partial charge on any atom is 0.134 e. The van der Waals surface area contributed by atoms with E-state index in [4.69, 9.17) is 9.15 Å². The fraction of sp³-hybridized carbons (Fsp3) is 0.444. The van der Waals surface area contributed by atoms with Crippen LogP contribution >= 0.6 is 11.8 Å². The molecule has 23 heavy (non-hydrogen) atoms. The van der Waals surface area contributed by atoms with E-state index in [1.807, 2.05) is 38.1 Å². The van der Waals surface area contributed by atoms with Crippen molar-refractivity contribution in [3.8, 4) is 5.75 Å². The molecule has 0 bridgehead atoms. The molecular formula is C18H22FNO2S. The maximum absolute atomic E-state index is 13.8. The zero-order chi connectivity index (χ0) is 16.6. The minimum atomic E-state index is -1.19. The van der Waals surface area contributed by atoms with E-state index in [-0.39, 0.29) is 0 Å². The minimum absolute atomic E-state index is 0.412. The average molecular weight is 335 g/mol. The lowest BCUT2D eigenvalue weighted by Crippen LogP contribution is -2.32. The van der Waals surface area contributed by atoms with E-state index < -0.39 is 5.67 Å². The Morgan fingerprint density at radius 2 is 2.09 bits per heavy atom. The Balaban J connectivity index is 1.67. The smallest absolute Gasteiger partial charge is 0.134 e. The van der Waals surface area contributed by atoms with Crippen LogP contribution < -0.4 is 4.74 Å². The fourth-order valence-electron chi connectivity index (χ4n) is 2.69. The van der Waals surface area contributed by atoms with Gasteiger partial charge in [-0.15, -0.1) is 11.8 Å². The van der Waals surface area contributed by atoms with E-state index in [2.05, 4.69) is 4.90 Å². The van der Waals surface area contributed by atoms with Gasteiger partial charge >= 0.3 is 0 Å². The number of halogens is 1. The second-order valence-corrected chi connectivity index (χ2v) is 7.58. The van der Waals surface area contributed by atoms with Gasteiger partial charge in [-0.2, -0.15) is 0 Å². The number of rotatable bonds is 5. The van der Waals surface area contributed by atoms with Gasteiger partial charge in [-0.25, -0.2) is 4.39 Å². The highest BCUT2D eigenvalue weighted by Gasteiger charge is 2.26. The first-order valence-electron chi connectivity index (χ1n) is 7.71. The number of ether oxygens (including phenoxy) is 1. The summed E-state index contributed by atoms with van der Waals surface area (Å²) in [6.07, 6.45) is 0. The van der Waals surface area contributed by atoms with Crippen LogP contribution in [0.3, 0.4) is 0 Å². The van der Waals surface area contributed by atoms with Crippen LogP contribution in [0.25, 0.3) is 11.0 Å². The molecule has 124 valence electrons. The summed E-state index contributed by atoms with van der Waals surface area (Å²) in [7, 11) is 0. The third-order valence-electron chi connectivity index (χ3n) is 3.82. The van der Waals surface area contributed by atoms with Gasteiger partial charge in [-0.05, 0) is 52.0 Å². The van der Waals surface area contributed by atoms with E-state index in [1.54, 1.807) is 25.6 Å². The van der Waals surface area contributed by atoms with Crippen molar-refractivity contribution in [3.63, 3.8) is 0 Å². The van der Waals surface area contributed by atoms with Crippen molar-refractivity contribution in [2.24, 2.45) is 0 Å². The Morgan fingerprint density at radius 1 is 1.30 bits per heavy atom. The lowest BCUT2D eigenvalue weighted by molar-refractivity contribution is 0.160. The highest BCUT2D eigenvalue weighted by atomic mass is 32.2. The average Bonchev–Trinajstić information content (AvgIpc) is 2.98. The highest BCUT2D eigenvalue weighted by Crippen LogP contribution is 2.34. The number of hydrogen-bond donors (Lipinski definition) is 0. The fourth-order valence-corrected chi connectivity index (χ4v) is 3.77. The van der Waals surface area contributed by atoms with E-state index in [1.165, 1.54) is 0 Å². The number of nitrogens with zero attached hydrogens (tertiary/aromatic N) is 1. The third kappa shape index (κ3) is 3.83. The molecule has 0 radical (unpaired) electrons. The Labute approximate surface area is 140 Å². The van der Waals surface area contributed by atoms with Crippen LogP contribution in [0.4, 0.5) is 4.39 Å². The van der Waals surface area contributed by atoms with Gasteiger partial charge in [0.25, 0.3) is 0 Å². The minimum Gasteiger partial charge on any atom is -0.488 e. The SMILES string of the molecule is CC1=C(COc2ccc3oc(C)cc3c2)SCN1CC(C)(C)F. The molecular weight excluding hydrogens is 313 g/mol. The number of thioether (sulfide) groups is 1. The predicted octanol–water partition coefficient (Wildman–Crippen LogP) is 5.11. The Kier molecular flexibility index (Phi) is 4.32. The molecule has 0 N–H and O–H groups in total. The van der Waals surface area contributed by atoms with Crippen molar-refractivity contribution in [3.05, 3.63) is 40.6 Å². The molecule has 1 aliphatic rings. The lowest BCUT2D eigenvalue weighted by atomic mass is 10.1. The van der Waals surface area contributed by atoms with E-state index >= 15 is 0 Å². The number of alkyl halides is 1. The van der Waals surface area contributed by atoms with Crippen molar-refractivity contribution in [1.82, 2.24) is 4.90 Å². The summed E-state index contributed by atoms with van der Waals surface area (Å²) in [6, 6.07) is 7.84. The van der Waals surface area contributed by atoms with Crippen LogP contribution in [-0.4, -0.2) is 29.6 Å². The van der Waals surface area contributed by atoms with E-state index in [0.29, 0.717) is 13.2 Å². The first-order valence-corrected chi connectivity index (χ1v) is 8.70. The summed E-state index contributed by atoms with van der Waals surface area (Å²) in [5, 5.41) is 1.05. The summed E-state index contributed by atoms with van der Waals surface area (Å²) in [5.41, 5.74) is 0.792. The van der Waals surface area contributed by atoms with E-state index in [0.717, 1.165) is 39.0 Å². The van der Waals surface area contributed by atoms with Crippen LogP contribution in [0, 0.1) is 6.92 Å². The molecule has 2 heterocycles. The van der Waals surface area contributed by atoms with Crippen molar-refractivity contribution in [2.75, 3.05) is 19.0 Å². The molecule has 5 heteroatoms. The quantitative estimate of drug-likeness (QED) is 0.758. The number of benzene rings is 1. The number of fused-ring (bicyclic) bond motifs is 1. The molecule has 0 saturated carbocycles. The second-order valence-electron chi connectivity index (χ2n) is 6.54. The van der Waals surface area contributed by atoms with Gasteiger partial charge in [-0.1, -0.05) is 0 Å². The van der Waals surface area contributed by atoms with Crippen LogP contribution in [0.2, 0.25) is 0 Å². The number of aryl methyl sites for hydroxylation is 1. The molecule has 2 aromatic rings. The molecule has 0 atom stereocenters. The first-order chi connectivity index (χ1) is 10.8. The Bertz CT molecular complexity index is 745. The summed E-state index contributed by atoms with van der Waals surface area (Å²) in [5.74, 6) is 2.51. The van der Waals surface area contributed by atoms with Crippen molar-refractivity contribution in [1.29, 1.82) is 0 Å². The topological polar surface area (TPSA) is 25.6 Å². The number of allylic oxidation sites excluding steroid dienone is 1. The summed E-state index contributed by atoms with van der Waals surface area (Å²) >= 11 is 1.72. The molecule has 1 aliphatic heterocycles. The Morgan fingerprint density at radius 3 is 2.83 bits per heavy atom. The molecule has 3 nitrogen and oxygen atoms in total. The molecule has 0 saturated heterocycles. The monoisotopic (exact) mass is 335 g/mol. The predicted molar refractivity (Wildman–Crippen MR) is 93.5 cm³/mol. The van der Waals surface area contributed by atoms with E-state index in [9.17, 15) is 4.39 Å². The second kappa shape index (κ2) is 6.11. The molecule has 0 spiro atoms. The van der Waals surface area contributed by atoms with Crippen LogP contribution in [0.15, 0.2) is 39.3 Å². The normalized spacial score (nSPS) is 15.8. The molecule has 1 aromatic carbocycles. The summed E-state index contributed by atoms with van der Waals surface area (Å²) in [4.78, 5) is 3.24. The van der Waals surface area contributed by atoms with Gasteiger partial charge in [0.05, 0.1) is 12.4 Å². The molecule has 0 fully saturated rings. The summed E-state index contributed by atoms with van der Waals surface area (Å²) in [6.45, 7) is 8.12. The molecule has 0 amide bonds. The number of furan rings is 1. The van der Waals surface area contributed by atoms with Crippen molar-refractivity contribution >= 4 is 22.7 Å². The van der Waals surface area contributed by atoms with Gasteiger partial charge in [0.1, 0.15) is 29.4 Å². The Hall–Kier alpha value is -1.62. The standard InChI is InChI=1S/C18H22FNO2S/c1-12-7-14-8-15(5-6-16(14)22-12)21-9-17-13(2)20(11-23-17)10-18(3,4)19/h5-8H,9-11H2,1-4H3. The van der Waals surface area contributed by atoms with Gasteiger partial charge in [0.2, 0.25) is 0 Å². The van der Waals surface area contributed by atoms with Crippen LogP contribution in [-0.2, 0) is 0 Å². The van der Waals surface area contributed by atoms with Gasteiger partial charge in [-0.3, -0.25) is 0 Å². The van der Waals surface area contributed by atoms with Gasteiger partial charge in [0, 0.05) is 16.0 Å². The lowest BCUT2D eigenvalue weighted by Gasteiger charge is -2.25. The van der Waals surface area contributed by atoms with Crippen molar-refractivity contribution in [2.45, 2.75) is 33.4 Å². The highest BCUT2D eigenvalue weighted by molar-refractivity contribution is 8.03. The number of hydrogen-bond acceptors (Lipinski definition) is 4. The van der Waals surface area contributed by atoms with Crippen LogP contribution in [0.1, 0.15) is 26.5 Å². The largest absolute Gasteiger partial charge is 0.488 e. The van der Waals surface area contributed by atoms with Crippen molar-refractivity contribution < 1.29 is 13.5 Å². The van der Waals surface area contributed by atoms with Gasteiger partial charge < -0.3 is 14.1 Å². The maximum atomic E-state index is 13.8. The summed E-state index contributed by atoms with van der Waals surface area (Å²) < 4.78 is 25.3. The molecule has 0 unspecified atom stereocenters. The van der Waals surface area contributed by atoms with Gasteiger partial charge in [0.15, 0.2) is 0 Å².